The standard InChI is InChI=1S/C13H16FN3O/c1-8(7-15)16-13(18)12-5-9-3-4-10(14)6-11(9)17(12)2/h3-6,8H,7,15H2,1-2H3,(H,16,18). The monoisotopic (exact) mass is 249 g/mol. The van der Waals surface area contributed by atoms with E-state index in [1.54, 1.807) is 23.7 Å². The number of rotatable bonds is 3. The van der Waals surface area contributed by atoms with E-state index in [4.69, 9.17) is 5.73 Å². The summed E-state index contributed by atoms with van der Waals surface area (Å²) in [6.07, 6.45) is 0. The lowest BCUT2D eigenvalue weighted by Crippen LogP contribution is -2.38. The van der Waals surface area contributed by atoms with Crippen LogP contribution in [0.25, 0.3) is 10.9 Å². The second-order valence-electron chi connectivity index (χ2n) is 4.40. The van der Waals surface area contributed by atoms with Gasteiger partial charge in [0.25, 0.3) is 5.91 Å². The first-order valence-electron chi connectivity index (χ1n) is 5.79. The summed E-state index contributed by atoms with van der Waals surface area (Å²) in [6.45, 7) is 2.21. The molecular formula is C13H16FN3O. The maximum atomic E-state index is 13.2. The number of halogens is 1. The smallest absolute Gasteiger partial charge is 0.268 e. The van der Waals surface area contributed by atoms with E-state index in [-0.39, 0.29) is 17.8 Å². The summed E-state index contributed by atoms with van der Waals surface area (Å²) in [7, 11) is 1.74. The van der Waals surface area contributed by atoms with Gasteiger partial charge < -0.3 is 15.6 Å². The van der Waals surface area contributed by atoms with Crippen molar-refractivity contribution in [1.29, 1.82) is 0 Å². The molecule has 2 rings (SSSR count). The first-order valence-corrected chi connectivity index (χ1v) is 5.79. The number of carbonyl (C=O) groups excluding carboxylic acids is 1. The van der Waals surface area contributed by atoms with Crippen molar-refractivity contribution < 1.29 is 9.18 Å². The van der Waals surface area contributed by atoms with Gasteiger partial charge in [0.1, 0.15) is 11.5 Å². The number of fused-ring (bicyclic) bond motifs is 1. The topological polar surface area (TPSA) is 60.0 Å². The third-order valence-electron chi connectivity index (χ3n) is 2.97. The van der Waals surface area contributed by atoms with Crippen LogP contribution in [0.5, 0.6) is 0 Å². The Morgan fingerprint density at radius 3 is 2.89 bits per heavy atom. The van der Waals surface area contributed by atoms with E-state index < -0.39 is 0 Å². The molecular weight excluding hydrogens is 233 g/mol. The lowest BCUT2D eigenvalue weighted by Gasteiger charge is -2.11. The third-order valence-corrected chi connectivity index (χ3v) is 2.97. The van der Waals surface area contributed by atoms with Gasteiger partial charge in [-0.15, -0.1) is 0 Å². The number of aryl methyl sites for hydroxylation is 1. The van der Waals surface area contributed by atoms with Crippen LogP contribution in [-0.4, -0.2) is 23.1 Å². The lowest BCUT2D eigenvalue weighted by molar-refractivity contribution is 0.0933. The van der Waals surface area contributed by atoms with Crippen LogP contribution in [0.3, 0.4) is 0 Å². The van der Waals surface area contributed by atoms with Crippen molar-refractivity contribution in [2.75, 3.05) is 6.54 Å². The number of nitrogens with one attached hydrogen (secondary N) is 1. The van der Waals surface area contributed by atoms with Crippen LogP contribution >= 0.6 is 0 Å². The molecule has 1 unspecified atom stereocenters. The average Bonchev–Trinajstić information content (AvgIpc) is 2.66. The van der Waals surface area contributed by atoms with Crippen molar-refractivity contribution in [3.8, 4) is 0 Å². The largest absolute Gasteiger partial charge is 0.347 e. The molecule has 1 aromatic carbocycles. The molecule has 1 amide bonds. The fraction of sp³-hybridized carbons (Fsp3) is 0.308. The first kappa shape index (κ1) is 12.6. The molecule has 5 heteroatoms. The molecule has 0 saturated carbocycles. The van der Waals surface area contributed by atoms with Crippen LogP contribution in [0.15, 0.2) is 24.3 Å². The number of aromatic nitrogens is 1. The summed E-state index contributed by atoms with van der Waals surface area (Å²) in [4.78, 5) is 12.0. The summed E-state index contributed by atoms with van der Waals surface area (Å²) < 4.78 is 14.8. The second kappa shape index (κ2) is 4.78. The minimum Gasteiger partial charge on any atom is -0.347 e. The van der Waals surface area contributed by atoms with Crippen LogP contribution in [0, 0.1) is 5.82 Å². The van der Waals surface area contributed by atoms with Crippen LogP contribution in [0.1, 0.15) is 17.4 Å². The highest BCUT2D eigenvalue weighted by molar-refractivity contribution is 5.98. The zero-order valence-corrected chi connectivity index (χ0v) is 10.4. The Kier molecular flexibility index (Phi) is 3.34. The molecule has 0 aliphatic rings. The number of amides is 1. The van der Waals surface area contributed by atoms with Crippen molar-refractivity contribution >= 4 is 16.8 Å². The Balaban J connectivity index is 2.40. The fourth-order valence-corrected chi connectivity index (χ4v) is 1.88. The number of nitrogens with zero attached hydrogens (tertiary/aromatic N) is 1. The molecule has 1 heterocycles. The zero-order chi connectivity index (χ0) is 13.3. The van der Waals surface area contributed by atoms with Crippen molar-refractivity contribution in [3.05, 3.63) is 35.8 Å². The molecule has 0 radical (unpaired) electrons. The highest BCUT2D eigenvalue weighted by Crippen LogP contribution is 2.19. The van der Waals surface area contributed by atoms with Crippen LogP contribution in [0.4, 0.5) is 4.39 Å². The van der Waals surface area contributed by atoms with E-state index >= 15 is 0 Å². The van der Waals surface area contributed by atoms with Gasteiger partial charge in [-0.3, -0.25) is 4.79 Å². The quantitative estimate of drug-likeness (QED) is 0.863. The molecule has 1 aromatic heterocycles. The molecule has 0 aliphatic heterocycles. The van der Waals surface area contributed by atoms with Crippen LogP contribution < -0.4 is 11.1 Å². The molecule has 2 aromatic rings. The fourth-order valence-electron chi connectivity index (χ4n) is 1.88. The maximum Gasteiger partial charge on any atom is 0.268 e. The van der Waals surface area contributed by atoms with E-state index in [0.29, 0.717) is 17.8 Å². The predicted octanol–water partition coefficient (Wildman–Crippen LogP) is 1.39. The Bertz CT molecular complexity index is 591. The van der Waals surface area contributed by atoms with Gasteiger partial charge in [0.15, 0.2) is 0 Å². The van der Waals surface area contributed by atoms with Crippen molar-refractivity contribution in [3.63, 3.8) is 0 Å². The number of nitrogens with two attached hydrogens (primary N) is 1. The predicted molar refractivity (Wildman–Crippen MR) is 68.9 cm³/mol. The van der Waals surface area contributed by atoms with Gasteiger partial charge in [-0.2, -0.15) is 0 Å². The Morgan fingerprint density at radius 2 is 2.22 bits per heavy atom. The molecule has 0 aliphatic carbocycles. The van der Waals surface area contributed by atoms with E-state index in [0.717, 1.165) is 5.39 Å². The Labute approximate surface area is 105 Å². The van der Waals surface area contributed by atoms with E-state index in [9.17, 15) is 9.18 Å². The van der Waals surface area contributed by atoms with Gasteiger partial charge in [0, 0.05) is 25.0 Å². The highest BCUT2D eigenvalue weighted by atomic mass is 19.1. The summed E-state index contributed by atoms with van der Waals surface area (Å²) in [5.74, 6) is -0.516. The summed E-state index contributed by atoms with van der Waals surface area (Å²) in [5.41, 5.74) is 6.65. The molecule has 0 spiro atoms. The molecule has 96 valence electrons. The average molecular weight is 249 g/mol. The van der Waals surface area contributed by atoms with Gasteiger partial charge in [-0.25, -0.2) is 4.39 Å². The Hall–Kier alpha value is -1.88. The molecule has 3 N–H and O–H groups in total. The van der Waals surface area contributed by atoms with Crippen molar-refractivity contribution in [1.82, 2.24) is 9.88 Å². The maximum absolute atomic E-state index is 13.2. The van der Waals surface area contributed by atoms with Gasteiger partial charge in [-0.1, -0.05) is 0 Å². The third kappa shape index (κ3) is 2.22. The molecule has 0 bridgehead atoms. The molecule has 0 fully saturated rings. The number of hydrogen-bond acceptors (Lipinski definition) is 2. The summed E-state index contributed by atoms with van der Waals surface area (Å²) in [5, 5.41) is 3.62. The second-order valence-corrected chi connectivity index (χ2v) is 4.40. The van der Waals surface area contributed by atoms with Gasteiger partial charge >= 0.3 is 0 Å². The molecule has 1 atom stereocenters. The normalized spacial score (nSPS) is 12.7. The minimum absolute atomic E-state index is 0.0905. The van der Waals surface area contributed by atoms with Crippen LogP contribution in [0.2, 0.25) is 0 Å². The summed E-state index contributed by atoms with van der Waals surface area (Å²) in [6, 6.07) is 6.11. The van der Waals surface area contributed by atoms with E-state index in [1.807, 2.05) is 6.92 Å². The van der Waals surface area contributed by atoms with Crippen LogP contribution in [-0.2, 0) is 7.05 Å². The van der Waals surface area contributed by atoms with E-state index in [1.165, 1.54) is 12.1 Å². The van der Waals surface area contributed by atoms with Crippen molar-refractivity contribution in [2.24, 2.45) is 12.8 Å². The number of carbonyl (C=O) groups is 1. The van der Waals surface area contributed by atoms with Gasteiger partial charge in [0.05, 0.1) is 5.52 Å². The SMILES string of the molecule is CC(CN)NC(=O)c1cc2ccc(F)cc2n1C. The molecule has 18 heavy (non-hydrogen) atoms. The van der Waals surface area contributed by atoms with Gasteiger partial charge in [-0.05, 0) is 31.2 Å². The van der Waals surface area contributed by atoms with Gasteiger partial charge in [0.2, 0.25) is 0 Å². The van der Waals surface area contributed by atoms with E-state index in [2.05, 4.69) is 5.32 Å². The lowest BCUT2D eigenvalue weighted by atomic mass is 10.2. The number of benzene rings is 1. The highest BCUT2D eigenvalue weighted by Gasteiger charge is 2.15. The Morgan fingerprint density at radius 1 is 1.50 bits per heavy atom. The zero-order valence-electron chi connectivity index (χ0n) is 10.4. The molecule has 4 nitrogen and oxygen atoms in total. The summed E-state index contributed by atoms with van der Waals surface area (Å²) >= 11 is 0. The number of hydrogen-bond donors (Lipinski definition) is 2. The van der Waals surface area contributed by atoms with Crippen molar-refractivity contribution in [2.45, 2.75) is 13.0 Å². The first-order chi connectivity index (χ1) is 8.52. The minimum atomic E-state index is -0.314. The molecule has 0 saturated heterocycles.